The van der Waals surface area contributed by atoms with Gasteiger partial charge in [0.25, 0.3) is 0 Å². The zero-order chi connectivity index (χ0) is 15.5. The molecule has 4 unspecified atom stereocenters. The van der Waals surface area contributed by atoms with E-state index in [2.05, 4.69) is 13.5 Å². The second-order valence-electron chi connectivity index (χ2n) is 8.61. The number of hydrogen-bond donors (Lipinski definition) is 2. The average molecular weight is 294 g/mol. The Bertz CT molecular complexity index is 477. The number of hydrogen-bond acceptors (Lipinski definition) is 4. The minimum Gasteiger partial charge on any atom is -0.462 e. The molecule has 0 aromatic rings. The van der Waals surface area contributed by atoms with E-state index >= 15 is 0 Å². The largest absolute Gasteiger partial charge is 0.462 e. The highest BCUT2D eigenvalue weighted by Gasteiger charge is 2.66. The quantitative estimate of drug-likeness (QED) is 0.616. The third-order valence-electron chi connectivity index (χ3n) is 5.71. The second-order valence-corrected chi connectivity index (χ2v) is 8.61. The van der Waals surface area contributed by atoms with Gasteiger partial charge in [-0.15, -0.1) is 0 Å². The first-order valence-corrected chi connectivity index (χ1v) is 7.79. The van der Waals surface area contributed by atoms with Gasteiger partial charge in [-0.3, -0.25) is 0 Å². The van der Waals surface area contributed by atoms with Gasteiger partial charge < -0.3 is 14.9 Å². The molecular formula is C17H26O4. The topological polar surface area (TPSA) is 66.8 Å². The minimum atomic E-state index is -0.706. The highest BCUT2D eigenvalue weighted by molar-refractivity contribution is 5.86. The van der Waals surface area contributed by atoms with Gasteiger partial charge in [-0.2, -0.15) is 0 Å². The summed E-state index contributed by atoms with van der Waals surface area (Å²) in [5.74, 6) is -0.360. The van der Waals surface area contributed by atoms with E-state index in [1.54, 1.807) is 6.92 Å². The number of esters is 1. The third-order valence-corrected chi connectivity index (χ3v) is 5.71. The SMILES string of the molecule is C=C(C)C(=O)OCC12CC3(C)CC(O)(CC(CO)(C3)C1)C2. The molecule has 4 rings (SSSR count). The summed E-state index contributed by atoms with van der Waals surface area (Å²) in [5.41, 5.74) is -0.648. The molecule has 4 saturated carbocycles. The van der Waals surface area contributed by atoms with E-state index < -0.39 is 5.60 Å². The standard InChI is InChI=1S/C17H26O4/c1-12(2)13(19)21-11-16-5-14(3)4-15(7-16,10-18)8-17(20,6-14)9-16/h18,20H,1,4-11H2,2-3H3. The molecule has 4 nitrogen and oxygen atoms in total. The Morgan fingerprint density at radius 2 is 1.76 bits per heavy atom. The molecule has 0 aromatic heterocycles. The number of carbonyl (C=O) groups excluding carboxylic acids is 1. The summed E-state index contributed by atoms with van der Waals surface area (Å²) in [6.45, 7) is 7.91. The highest BCUT2D eigenvalue weighted by atomic mass is 16.5. The van der Waals surface area contributed by atoms with E-state index in [0.717, 1.165) is 25.7 Å². The van der Waals surface area contributed by atoms with Crippen LogP contribution in [0.15, 0.2) is 12.2 Å². The molecule has 0 amide bonds. The molecule has 0 aromatic carbocycles. The van der Waals surface area contributed by atoms with Crippen molar-refractivity contribution in [2.75, 3.05) is 13.2 Å². The first-order valence-electron chi connectivity index (χ1n) is 7.79. The van der Waals surface area contributed by atoms with Crippen molar-refractivity contribution < 1.29 is 19.7 Å². The summed E-state index contributed by atoms with van der Waals surface area (Å²) in [5, 5.41) is 20.8. The Balaban J connectivity index is 1.86. The average Bonchev–Trinajstić information content (AvgIpc) is 2.31. The molecule has 0 radical (unpaired) electrons. The Hall–Kier alpha value is -0.870. The van der Waals surface area contributed by atoms with Gasteiger partial charge in [0.2, 0.25) is 0 Å². The van der Waals surface area contributed by atoms with Crippen molar-refractivity contribution in [2.24, 2.45) is 16.2 Å². The van der Waals surface area contributed by atoms with Gasteiger partial charge in [-0.25, -0.2) is 4.79 Å². The Morgan fingerprint density at radius 1 is 1.14 bits per heavy atom. The van der Waals surface area contributed by atoms with E-state index in [1.807, 2.05) is 0 Å². The van der Waals surface area contributed by atoms with Crippen LogP contribution < -0.4 is 0 Å². The lowest BCUT2D eigenvalue weighted by molar-refractivity contribution is -0.247. The lowest BCUT2D eigenvalue weighted by atomic mass is 9.39. The van der Waals surface area contributed by atoms with Gasteiger partial charge in [0.05, 0.1) is 12.2 Å². The molecule has 0 heterocycles. The predicted octanol–water partition coefficient (Wildman–Crippen LogP) is 2.19. The summed E-state index contributed by atoms with van der Waals surface area (Å²) in [6, 6.07) is 0. The van der Waals surface area contributed by atoms with Crippen LogP contribution >= 0.6 is 0 Å². The number of carbonyl (C=O) groups is 1. The van der Waals surface area contributed by atoms with Gasteiger partial charge in [-0.1, -0.05) is 13.5 Å². The molecule has 2 N–H and O–H groups in total. The van der Waals surface area contributed by atoms with Gasteiger partial charge in [-0.05, 0) is 56.3 Å². The Kier molecular flexibility index (Phi) is 3.10. The lowest BCUT2D eigenvalue weighted by Gasteiger charge is -2.68. The summed E-state index contributed by atoms with van der Waals surface area (Å²) < 4.78 is 5.44. The van der Waals surface area contributed by atoms with Crippen molar-refractivity contribution in [1.82, 2.24) is 0 Å². The van der Waals surface area contributed by atoms with Crippen LogP contribution in [0.2, 0.25) is 0 Å². The van der Waals surface area contributed by atoms with E-state index in [-0.39, 0.29) is 28.8 Å². The minimum absolute atomic E-state index is 0.0435. The van der Waals surface area contributed by atoms with Gasteiger partial charge in [0, 0.05) is 17.6 Å². The fourth-order valence-electron chi connectivity index (χ4n) is 6.21. The first kappa shape index (κ1) is 15.0. The van der Waals surface area contributed by atoms with Crippen LogP contribution in [-0.2, 0) is 9.53 Å². The molecule has 0 aliphatic heterocycles. The Labute approximate surface area is 126 Å². The monoisotopic (exact) mass is 294 g/mol. The van der Waals surface area contributed by atoms with Crippen LogP contribution in [0, 0.1) is 16.2 Å². The molecule has 118 valence electrons. The van der Waals surface area contributed by atoms with E-state index in [9.17, 15) is 15.0 Å². The number of rotatable bonds is 4. The smallest absolute Gasteiger partial charge is 0.333 e. The maximum Gasteiger partial charge on any atom is 0.333 e. The molecule has 4 fully saturated rings. The van der Waals surface area contributed by atoms with Crippen LogP contribution in [0.25, 0.3) is 0 Å². The van der Waals surface area contributed by atoms with Crippen molar-refractivity contribution >= 4 is 5.97 Å². The van der Waals surface area contributed by atoms with Crippen molar-refractivity contribution in [3.05, 3.63) is 12.2 Å². The fourth-order valence-corrected chi connectivity index (χ4v) is 6.21. The van der Waals surface area contributed by atoms with Gasteiger partial charge >= 0.3 is 5.97 Å². The summed E-state index contributed by atoms with van der Waals surface area (Å²) in [7, 11) is 0. The van der Waals surface area contributed by atoms with Crippen LogP contribution in [0.5, 0.6) is 0 Å². The zero-order valence-electron chi connectivity index (χ0n) is 13.1. The summed E-state index contributed by atoms with van der Waals surface area (Å²) in [4.78, 5) is 11.7. The van der Waals surface area contributed by atoms with E-state index in [0.29, 0.717) is 25.0 Å². The molecule has 0 saturated heterocycles. The van der Waals surface area contributed by atoms with Crippen molar-refractivity contribution in [2.45, 2.75) is 58.0 Å². The molecule has 4 aliphatic rings. The van der Waals surface area contributed by atoms with Crippen LogP contribution in [0.3, 0.4) is 0 Å². The maximum atomic E-state index is 11.7. The number of ether oxygens (including phenoxy) is 1. The summed E-state index contributed by atoms with van der Waals surface area (Å²) >= 11 is 0. The Morgan fingerprint density at radius 3 is 2.33 bits per heavy atom. The first-order chi connectivity index (χ1) is 9.63. The summed E-state index contributed by atoms with van der Waals surface area (Å²) in [6.07, 6.45) is 4.95. The lowest BCUT2D eigenvalue weighted by Crippen LogP contribution is -2.65. The molecule has 21 heavy (non-hydrogen) atoms. The number of aliphatic hydroxyl groups excluding tert-OH is 1. The second kappa shape index (κ2) is 4.32. The molecule has 4 atom stereocenters. The van der Waals surface area contributed by atoms with Crippen molar-refractivity contribution in [3.63, 3.8) is 0 Å². The normalized spacial score (nSPS) is 47.4. The van der Waals surface area contributed by atoms with Gasteiger partial charge in [0.15, 0.2) is 0 Å². The van der Waals surface area contributed by atoms with Crippen LogP contribution in [0.1, 0.15) is 52.4 Å². The van der Waals surface area contributed by atoms with E-state index in [4.69, 9.17) is 4.74 Å². The van der Waals surface area contributed by atoms with Crippen molar-refractivity contribution in [3.8, 4) is 0 Å². The third kappa shape index (κ3) is 2.42. The molecular weight excluding hydrogens is 268 g/mol. The van der Waals surface area contributed by atoms with Crippen molar-refractivity contribution in [1.29, 1.82) is 0 Å². The zero-order valence-corrected chi connectivity index (χ0v) is 13.1. The molecule has 4 aliphatic carbocycles. The molecule has 0 spiro atoms. The molecule has 4 bridgehead atoms. The maximum absolute atomic E-state index is 11.7. The van der Waals surface area contributed by atoms with Gasteiger partial charge in [0.1, 0.15) is 0 Å². The van der Waals surface area contributed by atoms with Crippen LogP contribution in [-0.4, -0.2) is 35.0 Å². The van der Waals surface area contributed by atoms with E-state index in [1.165, 1.54) is 0 Å². The molecule has 4 heteroatoms. The predicted molar refractivity (Wildman–Crippen MR) is 78.5 cm³/mol. The number of aliphatic hydroxyl groups is 2. The fraction of sp³-hybridized carbons (Fsp3) is 0.824. The van der Waals surface area contributed by atoms with Crippen LogP contribution in [0.4, 0.5) is 0 Å². The highest BCUT2D eigenvalue weighted by Crippen LogP contribution is 2.70.